The molecule has 2 heterocycles. The topological polar surface area (TPSA) is 107 Å². The average molecular weight is 479 g/mol. The van der Waals surface area contributed by atoms with Crippen LogP contribution in [0.5, 0.6) is 5.75 Å². The molecular formula is C28H30O7. The van der Waals surface area contributed by atoms with Crippen LogP contribution in [-0.4, -0.2) is 24.0 Å². The van der Waals surface area contributed by atoms with Gasteiger partial charge < -0.3 is 18.7 Å². The lowest BCUT2D eigenvalue weighted by atomic mass is 9.99. The van der Waals surface area contributed by atoms with Crippen LogP contribution in [0.2, 0.25) is 0 Å². The lowest BCUT2D eigenvalue weighted by Crippen LogP contribution is -2.16. The van der Waals surface area contributed by atoms with Crippen molar-refractivity contribution in [1.82, 2.24) is 0 Å². The van der Waals surface area contributed by atoms with E-state index in [2.05, 4.69) is 11.7 Å². The molecule has 35 heavy (non-hydrogen) atoms. The molecule has 7 nitrogen and oxygen atoms in total. The molecule has 0 fully saturated rings. The molecular weight excluding hydrogens is 448 g/mol. The van der Waals surface area contributed by atoms with E-state index in [1.165, 1.54) is 13.2 Å². The Morgan fingerprint density at radius 2 is 1.91 bits per heavy atom. The molecule has 0 amide bonds. The van der Waals surface area contributed by atoms with Crippen molar-refractivity contribution < 1.29 is 28.3 Å². The highest BCUT2D eigenvalue weighted by Gasteiger charge is 2.22. The Labute approximate surface area is 203 Å². The van der Waals surface area contributed by atoms with Crippen molar-refractivity contribution in [3.8, 4) is 5.75 Å². The van der Waals surface area contributed by atoms with Gasteiger partial charge in [0.05, 0.1) is 13.5 Å². The molecule has 0 spiro atoms. The number of hydrogen-bond donors (Lipinski definition) is 1. The summed E-state index contributed by atoms with van der Waals surface area (Å²) < 4.78 is 15.8. The van der Waals surface area contributed by atoms with Crippen molar-refractivity contribution in [2.45, 2.75) is 52.4 Å². The number of hydrogen-bond acceptors (Lipinski definition) is 7. The Balaban J connectivity index is 1.74. The van der Waals surface area contributed by atoms with Gasteiger partial charge in [-0.1, -0.05) is 38.1 Å². The van der Waals surface area contributed by atoms with Crippen molar-refractivity contribution in [2.24, 2.45) is 0 Å². The number of benzene rings is 1. The SMILES string of the molecule is CCc1ccc2cc(C=C(C)C(=O)c3c(O)cc(C(C)CC/C=C/CC(=O)OC)oc3=O)oc2c1. The number of aryl methyl sites for hydroxylation is 1. The Kier molecular flexibility index (Phi) is 8.47. The minimum Gasteiger partial charge on any atom is -0.507 e. The number of allylic oxidation sites excluding steroid dienone is 2. The van der Waals surface area contributed by atoms with Gasteiger partial charge in [0.1, 0.15) is 28.4 Å². The second kappa shape index (κ2) is 11.5. The van der Waals surface area contributed by atoms with Crippen LogP contribution in [0.3, 0.4) is 0 Å². The first-order valence-corrected chi connectivity index (χ1v) is 11.6. The summed E-state index contributed by atoms with van der Waals surface area (Å²) in [5.41, 5.74) is 0.805. The molecule has 1 aromatic carbocycles. The van der Waals surface area contributed by atoms with Crippen molar-refractivity contribution in [1.29, 1.82) is 0 Å². The number of aromatic hydroxyl groups is 1. The minimum atomic E-state index is -0.886. The molecule has 0 aliphatic carbocycles. The molecule has 184 valence electrons. The predicted molar refractivity (Wildman–Crippen MR) is 134 cm³/mol. The van der Waals surface area contributed by atoms with Crippen LogP contribution in [0, 0.1) is 0 Å². The van der Waals surface area contributed by atoms with E-state index in [1.807, 2.05) is 37.3 Å². The molecule has 0 saturated heterocycles. The largest absolute Gasteiger partial charge is 0.507 e. The summed E-state index contributed by atoms with van der Waals surface area (Å²) in [6, 6.07) is 9.07. The second-order valence-electron chi connectivity index (χ2n) is 8.46. The Morgan fingerprint density at radius 1 is 1.14 bits per heavy atom. The molecule has 2 aromatic heterocycles. The lowest BCUT2D eigenvalue weighted by Gasteiger charge is -2.11. The first kappa shape index (κ1) is 25.7. The summed E-state index contributed by atoms with van der Waals surface area (Å²) in [7, 11) is 1.33. The van der Waals surface area contributed by atoms with Crippen LogP contribution in [0.15, 0.2) is 61.7 Å². The van der Waals surface area contributed by atoms with Gasteiger partial charge in [0.15, 0.2) is 5.78 Å². The van der Waals surface area contributed by atoms with E-state index in [-0.39, 0.29) is 29.6 Å². The monoisotopic (exact) mass is 478 g/mol. The van der Waals surface area contributed by atoms with Crippen LogP contribution in [0.25, 0.3) is 17.0 Å². The van der Waals surface area contributed by atoms with Gasteiger partial charge in [-0.05, 0) is 50.0 Å². The van der Waals surface area contributed by atoms with E-state index in [0.717, 1.165) is 23.0 Å². The molecule has 0 aliphatic rings. The van der Waals surface area contributed by atoms with Gasteiger partial charge in [-0.25, -0.2) is 4.79 Å². The number of ether oxygens (including phenoxy) is 1. The van der Waals surface area contributed by atoms with Crippen molar-refractivity contribution >= 4 is 28.8 Å². The molecule has 1 N–H and O–H groups in total. The summed E-state index contributed by atoms with van der Waals surface area (Å²) in [4.78, 5) is 36.6. The number of ketones is 1. The number of fused-ring (bicyclic) bond motifs is 1. The standard InChI is InChI=1S/C28H30O7/c1-5-19-11-12-20-15-21(34-24(20)14-19)13-18(3)27(31)26-22(29)16-23(35-28(26)32)17(2)9-7-6-8-10-25(30)33-4/h6,8,11-17,29H,5,7,9-10H2,1-4H3/b8-6+,18-13?. The third-order valence-corrected chi connectivity index (χ3v) is 5.84. The number of Topliss-reactive ketones (excluding diaryl/α,β-unsaturated/α-hetero) is 1. The first-order chi connectivity index (χ1) is 16.7. The highest BCUT2D eigenvalue weighted by atomic mass is 16.5. The zero-order valence-corrected chi connectivity index (χ0v) is 20.4. The quantitative estimate of drug-likeness (QED) is 0.166. The van der Waals surface area contributed by atoms with Gasteiger partial charge in [0.2, 0.25) is 0 Å². The fourth-order valence-electron chi connectivity index (χ4n) is 3.68. The maximum Gasteiger partial charge on any atom is 0.351 e. The van der Waals surface area contributed by atoms with E-state index in [0.29, 0.717) is 18.6 Å². The van der Waals surface area contributed by atoms with Crippen molar-refractivity contribution in [2.75, 3.05) is 7.11 Å². The third-order valence-electron chi connectivity index (χ3n) is 5.84. The van der Waals surface area contributed by atoms with Gasteiger partial charge in [-0.15, -0.1) is 0 Å². The summed E-state index contributed by atoms with van der Waals surface area (Å²) >= 11 is 0. The zero-order chi connectivity index (χ0) is 25.5. The maximum atomic E-state index is 12.9. The summed E-state index contributed by atoms with van der Waals surface area (Å²) in [6.07, 6.45) is 7.45. The number of carbonyl (C=O) groups excluding carboxylic acids is 2. The van der Waals surface area contributed by atoms with Gasteiger partial charge in [0.25, 0.3) is 0 Å². The van der Waals surface area contributed by atoms with Crippen LogP contribution in [0.1, 0.15) is 73.4 Å². The van der Waals surface area contributed by atoms with Crippen molar-refractivity contribution in [3.63, 3.8) is 0 Å². The highest BCUT2D eigenvalue weighted by Crippen LogP contribution is 2.27. The van der Waals surface area contributed by atoms with Gasteiger partial charge in [0, 0.05) is 22.9 Å². The zero-order valence-electron chi connectivity index (χ0n) is 20.4. The van der Waals surface area contributed by atoms with E-state index in [4.69, 9.17) is 8.83 Å². The smallest absolute Gasteiger partial charge is 0.351 e. The molecule has 1 atom stereocenters. The van der Waals surface area contributed by atoms with Crippen molar-refractivity contribution in [3.05, 3.63) is 81.1 Å². The van der Waals surface area contributed by atoms with E-state index < -0.39 is 22.7 Å². The molecule has 0 radical (unpaired) electrons. The fourth-order valence-corrected chi connectivity index (χ4v) is 3.68. The Bertz CT molecular complexity index is 1340. The number of furan rings is 1. The number of carbonyl (C=O) groups is 2. The van der Waals surface area contributed by atoms with Crippen LogP contribution in [-0.2, 0) is 16.0 Å². The van der Waals surface area contributed by atoms with E-state index >= 15 is 0 Å². The summed E-state index contributed by atoms with van der Waals surface area (Å²) in [5, 5.41) is 11.4. The molecule has 1 unspecified atom stereocenters. The third kappa shape index (κ3) is 6.38. The summed E-state index contributed by atoms with van der Waals surface area (Å²) in [6.45, 7) is 5.47. The maximum absolute atomic E-state index is 12.9. The van der Waals surface area contributed by atoms with Gasteiger partial charge in [-0.2, -0.15) is 0 Å². The number of methoxy groups -OCH3 is 1. The average Bonchev–Trinajstić information content (AvgIpc) is 3.24. The predicted octanol–water partition coefficient (Wildman–Crippen LogP) is 5.94. The molecule has 7 heteroatoms. The second-order valence-corrected chi connectivity index (χ2v) is 8.46. The molecule has 0 aliphatic heterocycles. The lowest BCUT2D eigenvalue weighted by molar-refractivity contribution is -0.139. The fraction of sp³-hybridized carbons (Fsp3) is 0.321. The van der Waals surface area contributed by atoms with Crippen LogP contribution in [0.4, 0.5) is 0 Å². The molecule has 3 aromatic rings. The Morgan fingerprint density at radius 3 is 2.60 bits per heavy atom. The molecule has 0 saturated carbocycles. The van der Waals surface area contributed by atoms with Gasteiger partial charge in [-0.3, -0.25) is 9.59 Å². The number of rotatable bonds is 10. The van der Waals surface area contributed by atoms with Gasteiger partial charge >= 0.3 is 11.6 Å². The summed E-state index contributed by atoms with van der Waals surface area (Å²) in [5.74, 6) is -0.777. The first-order valence-electron chi connectivity index (χ1n) is 11.6. The van der Waals surface area contributed by atoms with E-state index in [9.17, 15) is 19.5 Å². The minimum absolute atomic E-state index is 0.180. The normalized spacial score (nSPS) is 12.9. The van der Waals surface area contributed by atoms with Crippen LogP contribution < -0.4 is 5.63 Å². The number of esters is 1. The Hall–Kier alpha value is -3.87. The molecule has 3 rings (SSSR count). The molecule has 0 bridgehead atoms. The highest BCUT2D eigenvalue weighted by molar-refractivity contribution is 6.12. The van der Waals surface area contributed by atoms with Crippen LogP contribution >= 0.6 is 0 Å². The van der Waals surface area contributed by atoms with E-state index in [1.54, 1.807) is 19.1 Å².